The van der Waals surface area contributed by atoms with E-state index in [0.29, 0.717) is 0 Å². The Morgan fingerprint density at radius 3 is 1.54 bits per heavy atom. The molecule has 150 valence electrons. The van der Waals surface area contributed by atoms with Crippen LogP contribution < -0.4 is 4.57 Å². The lowest BCUT2D eigenvalue weighted by Crippen LogP contribution is -2.32. The smallest absolute Gasteiger partial charge is 0.194 e. The van der Waals surface area contributed by atoms with Gasteiger partial charge >= 0.3 is 0 Å². The second-order valence-corrected chi connectivity index (χ2v) is 9.11. The van der Waals surface area contributed by atoms with E-state index in [-0.39, 0.29) is 0 Å². The zero-order valence-electron chi connectivity index (χ0n) is 17.9. The lowest BCUT2D eigenvalue weighted by molar-refractivity contribution is -0.676. The van der Waals surface area contributed by atoms with E-state index in [1.54, 1.807) is 0 Å². The Kier molecular flexibility index (Phi) is 15.1. The van der Waals surface area contributed by atoms with Crippen molar-refractivity contribution in [2.45, 2.75) is 117 Å². The van der Waals surface area contributed by atoms with Crippen molar-refractivity contribution in [3.8, 4) is 0 Å². The van der Waals surface area contributed by atoms with Crippen LogP contribution in [0, 0.1) is 13.8 Å². The van der Waals surface area contributed by atoms with Crippen molar-refractivity contribution in [3.05, 3.63) is 29.6 Å². The molecule has 0 aliphatic carbocycles. The third-order valence-corrected chi connectivity index (χ3v) is 6.13. The Morgan fingerprint density at radius 2 is 1.08 bits per heavy atom. The number of thioether (sulfide) groups is 1. The van der Waals surface area contributed by atoms with Crippen molar-refractivity contribution in [2.24, 2.45) is 0 Å². The number of aryl methyl sites for hydroxylation is 2. The van der Waals surface area contributed by atoms with E-state index in [2.05, 4.69) is 55.6 Å². The van der Waals surface area contributed by atoms with Crippen LogP contribution in [0.4, 0.5) is 0 Å². The summed E-state index contributed by atoms with van der Waals surface area (Å²) >= 11 is 2.07. The van der Waals surface area contributed by atoms with Gasteiger partial charge in [-0.3, -0.25) is 0 Å². The molecule has 0 amide bonds. The summed E-state index contributed by atoms with van der Waals surface area (Å²) in [5, 5.41) is 0. The second-order valence-electron chi connectivity index (χ2n) is 8.04. The molecule has 0 saturated heterocycles. The van der Waals surface area contributed by atoms with E-state index >= 15 is 0 Å². The van der Waals surface area contributed by atoms with Crippen molar-refractivity contribution < 1.29 is 4.57 Å². The molecule has 0 spiro atoms. The fraction of sp³-hybridized carbons (Fsp3) is 0.792. The first-order valence-corrected chi connectivity index (χ1v) is 12.4. The van der Waals surface area contributed by atoms with Gasteiger partial charge in [0.1, 0.15) is 0 Å². The Hall–Kier alpha value is -0.500. The molecule has 1 rings (SSSR count). The fourth-order valence-electron chi connectivity index (χ4n) is 3.64. The van der Waals surface area contributed by atoms with Crippen molar-refractivity contribution in [1.82, 2.24) is 0 Å². The van der Waals surface area contributed by atoms with Crippen LogP contribution >= 0.6 is 11.8 Å². The van der Waals surface area contributed by atoms with Crippen LogP contribution in [0.3, 0.4) is 0 Å². The monoisotopic (exact) mass is 378 g/mol. The Bertz CT molecular complexity index is 424. The lowest BCUT2D eigenvalue weighted by Gasteiger charge is -2.03. The van der Waals surface area contributed by atoms with Crippen LogP contribution in [0.15, 0.2) is 18.5 Å². The SMILES string of the molecule is CCCCCCCCCCCCCCCCSC[n+]1cc(C)cc(C)c1. The zero-order valence-corrected chi connectivity index (χ0v) is 18.7. The van der Waals surface area contributed by atoms with Crippen LogP contribution in [0.5, 0.6) is 0 Å². The number of unbranched alkanes of at least 4 members (excludes halogenated alkanes) is 13. The highest BCUT2D eigenvalue weighted by Crippen LogP contribution is 2.14. The number of hydrogen-bond donors (Lipinski definition) is 0. The minimum atomic E-state index is 1.10. The average Bonchev–Trinajstić information content (AvgIpc) is 2.60. The molecule has 0 fully saturated rings. The topological polar surface area (TPSA) is 3.88 Å². The molecule has 0 atom stereocenters. The molecule has 0 aromatic carbocycles. The standard InChI is InChI=1S/C24H44NS/c1-4-5-6-7-8-9-10-11-12-13-14-15-16-17-18-26-22-25-20-23(2)19-24(3)21-25/h19-21H,4-18,22H2,1-3H3/q+1. The van der Waals surface area contributed by atoms with Gasteiger partial charge in [0, 0.05) is 11.1 Å². The molecule has 0 N–H and O–H groups in total. The number of nitrogens with zero attached hydrogens (tertiary/aromatic N) is 1. The summed E-state index contributed by atoms with van der Waals surface area (Å²) in [7, 11) is 0. The summed E-state index contributed by atoms with van der Waals surface area (Å²) in [5.74, 6) is 2.40. The van der Waals surface area contributed by atoms with E-state index in [4.69, 9.17) is 0 Å². The second kappa shape index (κ2) is 16.7. The van der Waals surface area contributed by atoms with E-state index in [0.717, 1.165) is 5.88 Å². The van der Waals surface area contributed by atoms with Crippen LogP contribution in [0.2, 0.25) is 0 Å². The average molecular weight is 379 g/mol. The van der Waals surface area contributed by atoms with E-state index in [1.807, 2.05) is 0 Å². The highest BCUT2D eigenvalue weighted by molar-refractivity contribution is 7.98. The molecule has 0 aliphatic heterocycles. The molecule has 0 saturated carbocycles. The van der Waals surface area contributed by atoms with E-state index < -0.39 is 0 Å². The van der Waals surface area contributed by atoms with Crippen LogP contribution in [-0.4, -0.2) is 5.75 Å². The van der Waals surface area contributed by atoms with Crippen molar-refractivity contribution >= 4 is 11.8 Å². The largest absolute Gasteiger partial charge is 0.195 e. The minimum Gasteiger partial charge on any atom is -0.195 e. The Morgan fingerprint density at radius 1 is 0.654 bits per heavy atom. The van der Waals surface area contributed by atoms with Crippen molar-refractivity contribution in [2.75, 3.05) is 5.75 Å². The highest BCUT2D eigenvalue weighted by Gasteiger charge is 2.03. The first-order valence-electron chi connectivity index (χ1n) is 11.3. The quantitative estimate of drug-likeness (QED) is 0.198. The van der Waals surface area contributed by atoms with Crippen LogP contribution in [0.25, 0.3) is 0 Å². The van der Waals surface area contributed by atoms with Gasteiger partial charge in [-0.1, -0.05) is 102 Å². The predicted molar refractivity (Wildman–Crippen MR) is 119 cm³/mol. The Labute approximate surface area is 168 Å². The summed E-state index contributed by atoms with van der Waals surface area (Å²) in [4.78, 5) is 0. The van der Waals surface area contributed by atoms with Crippen LogP contribution in [0.1, 0.15) is 108 Å². The molecular formula is C24H44NS+. The molecule has 1 heterocycles. The molecule has 1 nitrogen and oxygen atoms in total. The maximum absolute atomic E-state index is 2.33. The first kappa shape index (κ1) is 23.5. The van der Waals surface area contributed by atoms with Gasteiger partial charge in [0.05, 0.1) is 0 Å². The van der Waals surface area contributed by atoms with E-state index in [1.165, 1.54) is 107 Å². The van der Waals surface area contributed by atoms with Gasteiger partial charge in [0.25, 0.3) is 0 Å². The van der Waals surface area contributed by atoms with Gasteiger partial charge in [0.15, 0.2) is 18.3 Å². The van der Waals surface area contributed by atoms with Gasteiger partial charge in [0.2, 0.25) is 0 Å². The number of hydrogen-bond acceptors (Lipinski definition) is 1. The molecule has 0 radical (unpaired) electrons. The molecule has 0 aliphatic rings. The third kappa shape index (κ3) is 13.7. The van der Waals surface area contributed by atoms with Gasteiger partial charge in [-0.25, -0.2) is 0 Å². The first-order chi connectivity index (χ1) is 12.7. The molecule has 26 heavy (non-hydrogen) atoms. The molecule has 0 bridgehead atoms. The molecule has 1 aromatic heterocycles. The summed E-state index contributed by atoms with van der Waals surface area (Å²) in [6.45, 7) is 6.66. The van der Waals surface area contributed by atoms with E-state index in [9.17, 15) is 0 Å². The molecular weight excluding hydrogens is 334 g/mol. The van der Waals surface area contributed by atoms with Crippen LogP contribution in [-0.2, 0) is 5.88 Å². The van der Waals surface area contributed by atoms with Gasteiger partial charge < -0.3 is 0 Å². The summed E-state index contributed by atoms with van der Waals surface area (Å²) in [6.07, 6.45) is 24.7. The maximum atomic E-state index is 2.33. The van der Waals surface area contributed by atoms with Crippen molar-refractivity contribution in [1.29, 1.82) is 0 Å². The zero-order chi connectivity index (χ0) is 18.9. The molecule has 1 aromatic rings. The maximum Gasteiger partial charge on any atom is 0.194 e. The molecule has 2 heteroatoms. The number of pyridine rings is 1. The fourth-order valence-corrected chi connectivity index (χ4v) is 4.53. The predicted octanol–water partition coefficient (Wildman–Crippen LogP) is 7.76. The summed E-state index contributed by atoms with van der Waals surface area (Å²) in [6, 6.07) is 2.24. The summed E-state index contributed by atoms with van der Waals surface area (Å²) in [5.41, 5.74) is 2.73. The van der Waals surface area contributed by atoms with Gasteiger partial charge in [-0.2, -0.15) is 4.57 Å². The Balaban J connectivity index is 1.79. The lowest BCUT2D eigenvalue weighted by atomic mass is 10.0. The number of aromatic nitrogens is 1. The third-order valence-electron chi connectivity index (χ3n) is 5.08. The number of rotatable bonds is 17. The normalized spacial score (nSPS) is 11.2. The minimum absolute atomic E-state index is 1.10. The van der Waals surface area contributed by atoms with Gasteiger partial charge in [-0.05, 0) is 32.1 Å². The van der Waals surface area contributed by atoms with Crippen molar-refractivity contribution in [3.63, 3.8) is 0 Å². The summed E-state index contributed by atoms with van der Waals surface area (Å²) < 4.78 is 2.33. The van der Waals surface area contributed by atoms with Gasteiger partial charge in [-0.15, -0.1) is 0 Å². The molecule has 0 unspecified atom stereocenters. The highest BCUT2D eigenvalue weighted by atomic mass is 32.2.